The first-order valence-corrected chi connectivity index (χ1v) is 24.3. The van der Waals surface area contributed by atoms with Crippen LogP contribution in [0.3, 0.4) is 0 Å². The molecule has 0 saturated carbocycles. The highest BCUT2D eigenvalue weighted by Crippen LogP contribution is 2.39. The monoisotopic (exact) mass is 846 g/mol. The van der Waals surface area contributed by atoms with Gasteiger partial charge in [-0.15, -0.1) is 0 Å². The van der Waals surface area contributed by atoms with Crippen molar-refractivity contribution in [3.8, 4) is 5.75 Å². The predicted octanol–water partition coefficient (Wildman–Crippen LogP) is 8.89. The van der Waals surface area contributed by atoms with Gasteiger partial charge in [-0.25, -0.2) is 9.59 Å². The molecule has 4 N–H and O–H groups in total. The molecule has 0 spiro atoms. The molecule has 3 aromatic carbocycles. The third-order valence-electron chi connectivity index (χ3n) is 10.9. The van der Waals surface area contributed by atoms with Crippen molar-refractivity contribution in [3.05, 3.63) is 102 Å². The lowest BCUT2D eigenvalue weighted by atomic mass is 9.88. The first-order valence-electron chi connectivity index (χ1n) is 21.4. The highest BCUT2D eigenvalue weighted by molar-refractivity contribution is 6.74. The topological polar surface area (TPSA) is 152 Å². The number of carboxylic acids is 1. The predicted molar refractivity (Wildman–Crippen MR) is 241 cm³/mol. The van der Waals surface area contributed by atoms with Crippen LogP contribution in [-0.4, -0.2) is 73.7 Å². The van der Waals surface area contributed by atoms with Crippen molar-refractivity contribution in [2.24, 2.45) is 11.8 Å². The summed E-state index contributed by atoms with van der Waals surface area (Å²) in [6, 6.07) is 23.8. The normalized spacial score (nSPS) is 14.6. The van der Waals surface area contributed by atoms with Crippen molar-refractivity contribution in [2.45, 2.75) is 149 Å². The quantitative estimate of drug-likeness (QED) is 0.0578. The van der Waals surface area contributed by atoms with E-state index in [1.165, 1.54) is 0 Å². The highest BCUT2D eigenvalue weighted by atomic mass is 28.4. The molecule has 0 aromatic heterocycles. The number of nitrogens with one attached hydrogen (secondary N) is 3. The number of ether oxygens (including phenoxy) is 2. The molecule has 0 bridgehead atoms. The number of unbranched alkanes of at least 4 members (excludes halogenated alkanes) is 1. The molecule has 3 rings (SSSR count). The minimum Gasteiger partial charge on any atom is -0.494 e. The first-order chi connectivity index (χ1) is 28.1. The van der Waals surface area contributed by atoms with Crippen molar-refractivity contribution in [3.63, 3.8) is 0 Å². The van der Waals surface area contributed by atoms with Crippen molar-refractivity contribution in [2.75, 3.05) is 6.61 Å². The van der Waals surface area contributed by atoms with Crippen LogP contribution in [-0.2, 0) is 42.8 Å². The van der Waals surface area contributed by atoms with E-state index in [0.717, 1.165) is 29.5 Å². The second kappa shape index (κ2) is 22.8. The fourth-order valence-corrected chi connectivity index (χ4v) is 7.84. The lowest BCUT2D eigenvalue weighted by molar-refractivity contribution is -0.142. The van der Waals surface area contributed by atoms with E-state index in [1.807, 2.05) is 95.3 Å². The molecule has 4 unspecified atom stereocenters. The van der Waals surface area contributed by atoms with Crippen molar-refractivity contribution in [1.29, 1.82) is 0 Å². The zero-order valence-electron chi connectivity index (χ0n) is 37.8. The van der Waals surface area contributed by atoms with Crippen LogP contribution < -0.4 is 20.7 Å². The zero-order chi connectivity index (χ0) is 44.7. The maximum absolute atomic E-state index is 14.7. The minimum atomic E-state index is -2.53. The summed E-state index contributed by atoms with van der Waals surface area (Å²) in [5.74, 6) is -2.54. The van der Waals surface area contributed by atoms with Gasteiger partial charge in [-0.3, -0.25) is 9.59 Å². The van der Waals surface area contributed by atoms with Gasteiger partial charge in [0.05, 0.1) is 18.8 Å². The fraction of sp³-hybridized carbons (Fsp3) is 0.542. The third kappa shape index (κ3) is 16.8. The van der Waals surface area contributed by atoms with E-state index in [1.54, 1.807) is 24.3 Å². The molecular formula is C48H71N3O8Si. The molecule has 0 saturated heterocycles. The summed E-state index contributed by atoms with van der Waals surface area (Å²) in [7, 11) is -2.53. The molecule has 60 heavy (non-hydrogen) atoms. The number of rotatable bonds is 22. The zero-order valence-corrected chi connectivity index (χ0v) is 38.8. The van der Waals surface area contributed by atoms with Crippen LogP contribution in [0.4, 0.5) is 4.79 Å². The largest absolute Gasteiger partial charge is 0.494 e. The minimum absolute atomic E-state index is 0.0473. The lowest BCUT2D eigenvalue weighted by Crippen LogP contribution is -2.56. The van der Waals surface area contributed by atoms with Gasteiger partial charge in [0.1, 0.15) is 23.4 Å². The van der Waals surface area contributed by atoms with E-state index in [9.17, 15) is 24.3 Å². The smallest absolute Gasteiger partial charge is 0.407 e. The number of hydrogen-bond donors (Lipinski definition) is 4. The summed E-state index contributed by atoms with van der Waals surface area (Å²) in [6.45, 7) is 22.5. The number of carboxylic acid groups (broad SMARTS) is 1. The summed E-state index contributed by atoms with van der Waals surface area (Å²) in [6.07, 6.45) is 1.73. The summed E-state index contributed by atoms with van der Waals surface area (Å²) in [5, 5.41) is 18.8. The van der Waals surface area contributed by atoms with E-state index in [-0.39, 0.29) is 29.7 Å². The van der Waals surface area contributed by atoms with Crippen LogP contribution in [0.5, 0.6) is 5.75 Å². The van der Waals surface area contributed by atoms with Crippen LogP contribution in [0.15, 0.2) is 84.9 Å². The average molecular weight is 846 g/mol. The maximum Gasteiger partial charge on any atom is 0.407 e. The summed E-state index contributed by atoms with van der Waals surface area (Å²) in [5.41, 5.74) is 1.87. The van der Waals surface area contributed by atoms with Gasteiger partial charge in [0.2, 0.25) is 11.8 Å². The Labute approximate surface area is 359 Å². The third-order valence-corrected chi connectivity index (χ3v) is 15.4. The summed E-state index contributed by atoms with van der Waals surface area (Å²) in [4.78, 5) is 54.7. The van der Waals surface area contributed by atoms with E-state index in [2.05, 4.69) is 56.7 Å². The van der Waals surface area contributed by atoms with E-state index in [4.69, 9.17) is 13.9 Å². The van der Waals surface area contributed by atoms with Crippen LogP contribution in [0.25, 0.3) is 0 Å². The van der Waals surface area contributed by atoms with Gasteiger partial charge in [-0.2, -0.15) is 0 Å². The Morgan fingerprint density at radius 2 is 1.27 bits per heavy atom. The average Bonchev–Trinajstić information content (AvgIpc) is 3.15. The molecule has 3 amide bonds. The Balaban J connectivity index is 1.98. The molecule has 0 fully saturated rings. The fourth-order valence-electron chi connectivity index (χ4n) is 6.47. The molecule has 0 radical (unpaired) electrons. The Morgan fingerprint density at radius 3 is 1.77 bits per heavy atom. The Morgan fingerprint density at radius 1 is 0.717 bits per heavy atom. The van der Waals surface area contributed by atoms with Crippen LogP contribution in [0.1, 0.15) is 98.3 Å². The van der Waals surface area contributed by atoms with Crippen molar-refractivity contribution < 1.29 is 38.2 Å². The van der Waals surface area contributed by atoms with Crippen molar-refractivity contribution in [1.82, 2.24) is 16.0 Å². The van der Waals surface area contributed by atoms with Crippen molar-refractivity contribution >= 4 is 32.2 Å². The van der Waals surface area contributed by atoms with Gasteiger partial charge in [0, 0.05) is 12.3 Å². The van der Waals surface area contributed by atoms with Gasteiger partial charge in [-0.05, 0) is 99.3 Å². The molecule has 3 aromatic rings. The molecular weight excluding hydrogens is 775 g/mol. The molecule has 0 aliphatic rings. The SMILES string of the molecule is CCCCOc1ccc(C[C@H](NC(=O)C(NC(=O)C(Cc2ccccc2)CC(O[Si](C)(C)C(C)(C)C)C(Cc2ccccc2)NC(=O)OC(C)(C)C)C(C)C)C(=O)O)cc1. The second-order valence-corrected chi connectivity index (χ2v) is 23.4. The van der Waals surface area contributed by atoms with Crippen LogP contribution in [0.2, 0.25) is 18.1 Å². The number of carbonyl (C=O) groups excluding carboxylic acids is 3. The molecule has 5 atom stereocenters. The maximum atomic E-state index is 14.7. The molecule has 0 heterocycles. The highest BCUT2D eigenvalue weighted by Gasteiger charge is 2.43. The lowest BCUT2D eigenvalue weighted by Gasteiger charge is -2.42. The number of aliphatic carboxylic acids is 1. The molecule has 0 aliphatic heterocycles. The molecule has 12 heteroatoms. The number of hydrogen-bond acceptors (Lipinski definition) is 7. The van der Waals surface area contributed by atoms with Gasteiger partial charge >= 0.3 is 12.1 Å². The van der Waals surface area contributed by atoms with Crippen LogP contribution >= 0.6 is 0 Å². The van der Waals surface area contributed by atoms with Gasteiger partial charge in [0.15, 0.2) is 8.32 Å². The number of carbonyl (C=O) groups is 4. The number of benzene rings is 3. The first kappa shape index (κ1) is 49.7. The van der Waals surface area contributed by atoms with Gasteiger partial charge in [-0.1, -0.05) is 121 Å². The number of amides is 3. The van der Waals surface area contributed by atoms with Gasteiger partial charge in [0.25, 0.3) is 0 Å². The summed E-state index contributed by atoms with van der Waals surface area (Å²) >= 11 is 0. The van der Waals surface area contributed by atoms with Gasteiger partial charge < -0.3 is 35.0 Å². The second-order valence-electron chi connectivity index (χ2n) is 18.7. The van der Waals surface area contributed by atoms with E-state index >= 15 is 0 Å². The molecule has 330 valence electrons. The molecule has 11 nitrogen and oxygen atoms in total. The van der Waals surface area contributed by atoms with E-state index in [0.29, 0.717) is 25.2 Å². The Hall–Kier alpha value is -4.68. The number of alkyl carbamates (subject to hydrolysis) is 1. The Bertz CT molecular complexity index is 1790. The molecule has 0 aliphatic carbocycles. The van der Waals surface area contributed by atoms with E-state index < -0.39 is 62.0 Å². The summed E-state index contributed by atoms with van der Waals surface area (Å²) < 4.78 is 18.7. The standard InChI is InChI=1S/C48H71N3O8Si/c1-12-13-28-57-38-26-24-36(25-27-38)31-40(45(54)55)49-44(53)42(33(2)3)51-43(52)37(29-34-20-16-14-17-21-34)32-41(59-60(10,11)48(7,8)9)39(30-35-22-18-15-19-23-35)50-46(56)58-47(4,5)6/h14-27,33,37,39-42H,12-13,28-32H2,1-11H3,(H,49,53)(H,50,56)(H,51,52)(H,54,55)/t37?,39?,40-,41?,42?/m0/s1. The Kier molecular flexibility index (Phi) is 18.9. The van der Waals surface area contributed by atoms with Crippen LogP contribution in [0, 0.1) is 11.8 Å².